The molecule has 3 aromatic carbocycles. The monoisotopic (exact) mass is 468 g/mol. The quantitative estimate of drug-likeness (QED) is 0.206. The molecule has 0 heterocycles. The Kier molecular flexibility index (Phi) is 11.1. The highest BCUT2D eigenvalue weighted by molar-refractivity contribution is 5.30. The van der Waals surface area contributed by atoms with E-state index in [2.05, 4.69) is 113 Å². The molecule has 188 valence electrons. The van der Waals surface area contributed by atoms with Gasteiger partial charge in [0.1, 0.15) is 0 Å². The summed E-state index contributed by atoms with van der Waals surface area (Å²) >= 11 is 0. The Hall–Kier alpha value is -2.34. The zero-order valence-electron chi connectivity index (χ0n) is 23.0. The van der Waals surface area contributed by atoms with Crippen molar-refractivity contribution >= 4 is 0 Å². The van der Waals surface area contributed by atoms with Crippen LogP contribution in [-0.2, 0) is 6.42 Å². The first-order valence-corrected chi connectivity index (χ1v) is 14.3. The van der Waals surface area contributed by atoms with Crippen LogP contribution >= 0.6 is 0 Å². The number of aryl methyl sites for hydroxylation is 1. The fourth-order valence-corrected chi connectivity index (χ4v) is 5.46. The second-order valence-electron chi connectivity index (χ2n) is 10.8. The van der Waals surface area contributed by atoms with Crippen LogP contribution in [0.5, 0.6) is 0 Å². The molecule has 0 saturated heterocycles. The van der Waals surface area contributed by atoms with Gasteiger partial charge in [-0.3, -0.25) is 0 Å². The molecule has 0 spiro atoms. The summed E-state index contributed by atoms with van der Waals surface area (Å²) < 4.78 is 0. The number of benzene rings is 3. The summed E-state index contributed by atoms with van der Waals surface area (Å²) in [4.78, 5) is 0. The summed E-state index contributed by atoms with van der Waals surface area (Å²) in [6.07, 6.45) is 9.92. The molecular formula is C35H48. The lowest BCUT2D eigenvalue weighted by molar-refractivity contribution is 0.467. The van der Waals surface area contributed by atoms with Crippen LogP contribution in [0.4, 0.5) is 0 Å². The van der Waals surface area contributed by atoms with Crippen molar-refractivity contribution in [2.45, 2.75) is 110 Å². The van der Waals surface area contributed by atoms with Gasteiger partial charge in [-0.1, -0.05) is 126 Å². The van der Waals surface area contributed by atoms with E-state index in [9.17, 15) is 0 Å². The van der Waals surface area contributed by atoms with Crippen LogP contribution in [0.2, 0.25) is 0 Å². The maximum atomic E-state index is 2.43. The van der Waals surface area contributed by atoms with Crippen LogP contribution in [-0.4, -0.2) is 0 Å². The maximum absolute atomic E-state index is 2.43. The summed E-state index contributed by atoms with van der Waals surface area (Å²) in [6, 6.07) is 30.3. The van der Waals surface area contributed by atoms with Crippen molar-refractivity contribution < 1.29 is 0 Å². The molecule has 0 N–H and O–H groups in total. The van der Waals surface area contributed by atoms with Crippen molar-refractivity contribution in [1.82, 2.24) is 0 Å². The average Bonchev–Trinajstić information content (AvgIpc) is 2.91. The van der Waals surface area contributed by atoms with Crippen molar-refractivity contribution in [2.75, 3.05) is 0 Å². The van der Waals surface area contributed by atoms with E-state index in [4.69, 9.17) is 0 Å². The van der Waals surface area contributed by atoms with E-state index in [0.717, 1.165) is 0 Å². The predicted octanol–water partition coefficient (Wildman–Crippen LogP) is 10.8. The van der Waals surface area contributed by atoms with Gasteiger partial charge in [0.05, 0.1) is 0 Å². The van der Waals surface area contributed by atoms with E-state index in [1.165, 1.54) is 79.2 Å². The predicted molar refractivity (Wildman–Crippen MR) is 155 cm³/mol. The summed E-state index contributed by atoms with van der Waals surface area (Å²) in [5, 5.41) is 0. The zero-order valence-corrected chi connectivity index (χ0v) is 23.0. The molecule has 0 aromatic heterocycles. The standard InChI is InChI=1S/C35H48/c1-6-9-11-14-29-17-19-34(20-18-29)35(26-30(8-3)33-15-12-10-13-16-33)25-28(5)32-23-21-31(22-24-32)27(4)7-2/h10,12-13,15-24,27-28,30,35H,6-9,11,14,25-26H2,1-5H3. The van der Waals surface area contributed by atoms with Gasteiger partial charge in [-0.25, -0.2) is 0 Å². The van der Waals surface area contributed by atoms with E-state index in [-0.39, 0.29) is 0 Å². The fourth-order valence-electron chi connectivity index (χ4n) is 5.46. The topological polar surface area (TPSA) is 0 Å². The molecule has 3 aromatic rings. The van der Waals surface area contributed by atoms with Gasteiger partial charge < -0.3 is 0 Å². The van der Waals surface area contributed by atoms with Crippen molar-refractivity contribution in [3.63, 3.8) is 0 Å². The normalized spacial score (nSPS) is 14.9. The average molecular weight is 469 g/mol. The summed E-state index contributed by atoms with van der Waals surface area (Å²) in [7, 11) is 0. The third-order valence-electron chi connectivity index (χ3n) is 8.18. The van der Waals surface area contributed by atoms with Gasteiger partial charge in [0.2, 0.25) is 0 Å². The molecule has 35 heavy (non-hydrogen) atoms. The number of unbranched alkanes of at least 4 members (excludes halogenated alkanes) is 2. The van der Waals surface area contributed by atoms with Crippen molar-refractivity contribution in [3.05, 3.63) is 107 Å². The van der Waals surface area contributed by atoms with Gasteiger partial charge in [-0.15, -0.1) is 0 Å². The maximum Gasteiger partial charge on any atom is -0.0150 e. The summed E-state index contributed by atoms with van der Waals surface area (Å²) in [6.45, 7) is 11.7. The Morgan fingerprint density at radius 3 is 1.66 bits per heavy atom. The van der Waals surface area contributed by atoms with E-state index < -0.39 is 0 Å². The second kappa shape index (κ2) is 14.3. The summed E-state index contributed by atoms with van der Waals surface area (Å²) in [5.74, 6) is 2.35. The van der Waals surface area contributed by atoms with E-state index in [1.54, 1.807) is 0 Å². The molecule has 0 aliphatic heterocycles. The smallest absolute Gasteiger partial charge is 0.0150 e. The lowest BCUT2D eigenvalue weighted by atomic mass is 9.78. The van der Waals surface area contributed by atoms with Crippen LogP contribution in [0.15, 0.2) is 78.9 Å². The Morgan fingerprint density at radius 2 is 1.09 bits per heavy atom. The molecule has 0 radical (unpaired) electrons. The van der Waals surface area contributed by atoms with Crippen LogP contribution in [0.1, 0.15) is 131 Å². The molecule has 0 fully saturated rings. The number of hydrogen-bond acceptors (Lipinski definition) is 0. The van der Waals surface area contributed by atoms with Gasteiger partial charge in [0.15, 0.2) is 0 Å². The molecule has 3 rings (SSSR count). The fraction of sp³-hybridized carbons (Fsp3) is 0.486. The van der Waals surface area contributed by atoms with Gasteiger partial charge in [-0.2, -0.15) is 0 Å². The summed E-state index contributed by atoms with van der Waals surface area (Å²) in [5.41, 5.74) is 7.44. The molecule has 0 bridgehead atoms. The first kappa shape index (κ1) is 27.3. The third kappa shape index (κ3) is 8.09. The van der Waals surface area contributed by atoms with E-state index >= 15 is 0 Å². The van der Waals surface area contributed by atoms with Crippen LogP contribution < -0.4 is 0 Å². The molecule has 0 nitrogen and oxygen atoms in total. The van der Waals surface area contributed by atoms with Gasteiger partial charge >= 0.3 is 0 Å². The zero-order chi connectivity index (χ0) is 25.0. The van der Waals surface area contributed by atoms with Crippen molar-refractivity contribution in [3.8, 4) is 0 Å². The Morgan fingerprint density at radius 1 is 0.514 bits per heavy atom. The molecule has 0 aliphatic carbocycles. The minimum Gasteiger partial charge on any atom is -0.0654 e. The highest BCUT2D eigenvalue weighted by Gasteiger charge is 2.22. The van der Waals surface area contributed by atoms with Gasteiger partial charge in [0.25, 0.3) is 0 Å². The molecule has 0 aliphatic rings. The lowest BCUT2D eigenvalue weighted by Gasteiger charge is -2.27. The van der Waals surface area contributed by atoms with Crippen molar-refractivity contribution in [2.24, 2.45) is 0 Å². The highest BCUT2D eigenvalue weighted by atomic mass is 14.3. The van der Waals surface area contributed by atoms with Crippen LogP contribution in [0, 0.1) is 0 Å². The van der Waals surface area contributed by atoms with Crippen molar-refractivity contribution in [1.29, 1.82) is 0 Å². The van der Waals surface area contributed by atoms with Gasteiger partial charge in [0, 0.05) is 0 Å². The molecule has 4 unspecified atom stereocenters. The Balaban J connectivity index is 1.80. The Labute approximate surface area is 216 Å². The largest absolute Gasteiger partial charge is 0.0654 e. The minimum absolute atomic E-state index is 0.545. The first-order chi connectivity index (χ1) is 17.0. The molecule has 0 amide bonds. The number of hydrogen-bond donors (Lipinski definition) is 0. The van der Waals surface area contributed by atoms with Crippen LogP contribution in [0.25, 0.3) is 0 Å². The Bertz CT molecular complexity index is 951. The number of rotatable bonds is 14. The third-order valence-corrected chi connectivity index (χ3v) is 8.18. The molecular weight excluding hydrogens is 420 g/mol. The molecule has 0 saturated carbocycles. The van der Waals surface area contributed by atoms with E-state index in [1.807, 2.05) is 0 Å². The second-order valence-corrected chi connectivity index (χ2v) is 10.8. The minimum atomic E-state index is 0.545. The lowest BCUT2D eigenvalue weighted by Crippen LogP contribution is -2.10. The molecule has 4 atom stereocenters. The van der Waals surface area contributed by atoms with Gasteiger partial charge in [-0.05, 0) is 90.0 Å². The molecule has 0 heteroatoms. The van der Waals surface area contributed by atoms with Crippen LogP contribution in [0.3, 0.4) is 0 Å². The highest BCUT2D eigenvalue weighted by Crippen LogP contribution is 2.38. The SMILES string of the molecule is CCCCCc1ccc(C(CC(C)c2ccc(C(C)CC)cc2)CC(CC)c2ccccc2)cc1. The first-order valence-electron chi connectivity index (χ1n) is 14.3. The van der Waals surface area contributed by atoms with E-state index in [0.29, 0.717) is 23.7 Å².